The number of hydrogen-bond acceptors (Lipinski definition) is 3. The molecule has 0 aromatic carbocycles. The van der Waals surface area contributed by atoms with Crippen molar-refractivity contribution in [2.45, 2.75) is 6.54 Å². The normalized spacial score (nSPS) is 9.31. The van der Waals surface area contributed by atoms with Crippen molar-refractivity contribution in [3.05, 3.63) is 23.8 Å². The van der Waals surface area contributed by atoms with Crippen LogP contribution in [0.25, 0.3) is 0 Å². The van der Waals surface area contributed by atoms with Crippen molar-refractivity contribution in [2.24, 2.45) is 0 Å². The molecular weight excluding hydrogens is 175 g/mol. The van der Waals surface area contributed by atoms with Crippen LogP contribution >= 0.6 is 0 Å². The summed E-state index contributed by atoms with van der Waals surface area (Å²) in [7, 11) is 1.20. The van der Waals surface area contributed by atoms with Gasteiger partial charge in [-0.25, -0.2) is 9.18 Å². The highest BCUT2D eigenvalue weighted by Gasteiger charge is 2.13. The van der Waals surface area contributed by atoms with E-state index in [-0.39, 0.29) is 12.2 Å². The number of nitrogens with zero attached hydrogens (tertiary/aromatic N) is 2. The van der Waals surface area contributed by atoms with Crippen molar-refractivity contribution >= 4 is 5.97 Å². The second-order valence-electron chi connectivity index (χ2n) is 2.32. The molecule has 1 aromatic heterocycles. The minimum absolute atomic E-state index is 0.0431. The minimum Gasteiger partial charge on any atom is -0.464 e. The quantitative estimate of drug-likeness (QED) is 0.639. The third-order valence-electron chi connectivity index (χ3n) is 1.50. The molecule has 0 aliphatic carbocycles. The molecule has 1 aromatic rings. The van der Waals surface area contributed by atoms with E-state index in [1.54, 1.807) is 6.07 Å². The third-order valence-corrected chi connectivity index (χ3v) is 1.50. The summed E-state index contributed by atoms with van der Waals surface area (Å²) in [5.74, 6) is -1.21. The van der Waals surface area contributed by atoms with Crippen LogP contribution in [0.15, 0.2) is 12.3 Å². The van der Waals surface area contributed by atoms with E-state index in [0.29, 0.717) is 0 Å². The largest absolute Gasteiger partial charge is 0.464 e. The lowest BCUT2D eigenvalue weighted by Gasteiger charge is -2.00. The zero-order chi connectivity index (χ0) is 9.84. The molecule has 0 saturated heterocycles. The summed E-state index contributed by atoms with van der Waals surface area (Å²) in [6.45, 7) is -0.0750. The standard InChI is InChI=1S/C8H7FN2O2/c1-13-8(12)7-4-6(9)5-11(7)3-2-10/h4-5H,3H2,1H3. The number of aromatic nitrogens is 1. The summed E-state index contributed by atoms with van der Waals surface area (Å²) in [5, 5.41) is 8.36. The van der Waals surface area contributed by atoms with Crippen molar-refractivity contribution in [3.63, 3.8) is 0 Å². The number of nitriles is 1. The number of rotatable bonds is 2. The van der Waals surface area contributed by atoms with E-state index in [9.17, 15) is 9.18 Å². The van der Waals surface area contributed by atoms with Crippen LogP contribution in [0.1, 0.15) is 10.5 Å². The summed E-state index contributed by atoms with van der Waals surface area (Å²) in [6.07, 6.45) is 1.08. The molecular formula is C8H7FN2O2. The predicted molar refractivity (Wildman–Crippen MR) is 41.3 cm³/mol. The van der Waals surface area contributed by atoms with Crippen LogP contribution in [-0.2, 0) is 11.3 Å². The molecule has 0 amide bonds. The van der Waals surface area contributed by atoms with Gasteiger partial charge in [0.15, 0.2) is 0 Å². The first-order chi connectivity index (χ1) is 6.19. The SMILES string of the molecule is COC(=O)c1cc(F)cn1CC#N. The third kappa shape index (κ3) is 1.85. The number of carbonyl (C=O) groups excluding carboxylic acids is 1. The maximum absolute atomic E-state index is 12.7. The van der Waals surface area contributed by atoms with Gasteiger partial charge in [-0.2, -0.15) is 5.26 Å². The van der Waals surface area contributed by atoms with Gasteiger partial charge in [-0.05, 0) is 0 Å². The summed E-state index contributed by atoms with van der Waals surface area (Å²) in [5.41, 5.74) is 0.0431. The molecule has 5 heteroatoms. The van der Waals surface area contributed by atoms with Gasteiger partial charge in [0.2, 0.25) is 0 Å². The zero-order valence-corrected chi connectivity index (χ0v) is 6.95. The van der Waals surface area contributed by atoms with Crippen LogP contribution in [-0.4, -0.2) is 17.6 Å². The molecule has 4 nitrogen and oxygen atoms in total. The fraction of sp³-hybridized carbons (Fsp3) is 0.250. The molecule has 0 unspecified atom stereocenters. The number of carbonyl (C=O) groups is 1. The predicted octanol–water partition coefficient (Wildman–Crippen LogP) is 0.937. The number of esters is 1. The van der Waals surface area contributed by atoms with E-state index < -0.39 is 11.8 Å². The van der Waals surface area contributed by atoms with Crippen LogP contribution in [0.4, 0.5) is 4.39 Å². The van der Waals surface area contributed by atoms with E-state index in [1.165, 1.54) is 11.7 Å². The maximum atomic E-state index is 12.7. The van der Waals surface area contributed by atoms with Crippen molar-refractivity contribution in [3.8, 4) is 6.07 Å². The highest BCUT2D eigenvalue weighted by atomic mass is 19.1. The van der Waals surface area contributed by atoms with Crippen molar-refractivity contribution in [1.82, 2.24) is 4.57 Å². The molecule has 0 fully saturated rings. The van der Waals surface area contributed by atoms with Crippen LogP contribution in [0, 0.1) is 17.1 Å². The van der Waals surface area contributed by atoms with Crippen molar-refractivity contribution in [1.29, 1.82) is 5.26 Å². The highest BCUT2D eigenvalue weighted by Crippen LogP contribution is 2.08. The number of halogens is 1. The molecule has 1 heterocycles. The summed E-state index contributed by atoms with van der Waals surface area (Å²) in [6, 6.07) is 2.84. The lowest BCUT2D eigenvalue weighted by Crippen LogP contribution is -2.09. The van der Waals surface area contributed by atoms with Gasteiger partial charge in [0.25, 0.3) is 0 Å². The lowest BCUT2D eigenvalue weighted by molar-refractivity contribution is 0.0589. The monoisotopic (exact) mass is 182 g/mol. The van der Waals surface area contributed by atoms with Gasteiger partial charge < -0.3 is 9.30 Å². The first-order valence-corrected chi connectivity index (χ1v) is 3.50. The Labute approximate surface area is 74.1 Å². The van der Waals surface area contributed by atoms with Gasteiger partial charge in [-0.3, -0.25) is 0 Å². The van der Waals surface area contributed by atoms with E-state index in [4.69, 9.17) is 5.26 Å². The topological polar surface area (TPSA) is 55.0 Å². The summed E-state index contributed by atoms with van der Waals surface area (Å²) >= 11 is 0. The van der Waals surface area contributed by atoms with Gasteiger partial charge in [-0.1, -0.05) is 0 Å². The molecule has 0 aliphatic rings. The Morgan fingerprint density at radius 1 is 1.85 bits per heavy atom. The first-order valence-electron chi connectivity index (χ1n) is 3.50. The Kier molecular flexibility index (Phi) is 2.65. The van der Waals surface area contributed by atoms with E-state index >= 15 is 0 Å². The Balaban J connectivity index is 3.05. The summed E-state index contributed by atoms with van der Waals surface area (Å²) in [4.78, 5) is 11.0. The summed E-state index contributed by atoms with van der Waals surface area (Å²) < 4.78 is 18.3. The molecule has 0 spiro atoms. The second kappa shape index (κ2) is 3.72. The number of methoxy groups -OCH3 is 1. The highest BCUT2D eigenvalue weighted by molar-refractivity contribution is 5.87. The average Bonchev–Trinajstić information content (AvgIpc) is 2.46. The Bertz CT molecular complexity index is 365. The van der Waals surface area contributed by atoms with Gasteiger partial charge >= 0.3 is 5.97 Å². The van der Waals surface area contributed by atoms with Gasteiger partial charge in [0.1, 0.15) is 18.1 Å². The fourth-order valence-corrected chi connectivity index (χ4v) is 0.957. The Morgan fingerprint density at radius 2 is 2.54 bits per heavy atom. The van der Waals surface area contributed by atoms with Gasteiger partial charge in [0, 0.05) is 12.3 Å². The lowest BCUT2D eigenvalue weighted by atomic mass is 10.4. The Hall–Kier alpha value is -1.83. The van der Waals surface area contributed by atoms with E-state index in [2.05, 4.69) is 4.74 Å². The van der Waals surface area contributed by atoms with E-state index in [0.717, 1.165) is 12.3 Å². The molecule has 0 saturated carbocycles. The van der Waals surface area contributed by atoms with Crippen molar-refractivity contribution < 1.29 is 13.9 Å². The molecule has 68 valence electrons. The molecule has 0 N–H and O–H groups in total. The molecule has 1 rings (SSSR count). The first kappa shape index (κ1) is 9.26. The van der Waals surface area contributed by atoms with Gasteiger partial charge in [-0.15, -0.1) is 0 Å². The molecule has 0 bridgehead atoms. The van der Waals surface area contributed by atoms with Crippen molar-refractivity contribution in [2.75, 3.05) is 7.11 Å². The zero-order valence-electron chi connectivity index (χ0n) is 6.95. The molecule has 13 heavy (non-hydrogen) atoms. The van der Waals surface area contributed by atoms with Crippen LogP contribution in [0.3, 0.4) is 0 Å². The minimum atomic E-state index is -0.654. The average molecular weight is 182 g/mol. The molecule has 0 atom stereocenters. The smallest absolute Gasteiger partial charge is 0.354 e. The van der Waals surface area contributed by atoms with Gasteiger partial charge in [0.05, 0.1) is 13.2 Å². The van der Waals surface area contributed by atoms with Crippen LogP contribution < -0.4 is 0 Å². The fourth-order valence-electron chi connectivity index (χ4n) is 0.957. The molecule has 0 aliphatic heterocycles. The number of hydrogen-bond donors (Lipinski definition) is 0. The maximum Gasteiger partial charge on any atom is 0.354 e. The molecule has 0 radical (unpaired) electrons. The Morgan fingerprint density at radius 3 is 3.08 bits per heavy atom. The van der Waals surface area contributed by atoms with Crippen LogP contribution in [0.5, 0.6) is 0 Å². The second-order valence-corrected chi connectivity index (χ2v) is 2.32. The van der Waals surface area contributed by atoms with Crippen LogP contribution in [0.2, 0.25) is 0 Å². The van der Waals surface area contributed by atoms with E-state index in [1.807, 2.05) is 0 Å². The number of ether oxygens (including phenoxy) is 1.